The van der Waals surface area contributed by atoms with Crippen molar-refractivity contribution < 1.29 is 32.7 Å². The van der Waals surface area contributed by atoms with E-state index in [0.717, 1.165) is 0 Å². The Balaban J connectivity index is 1.32. The van der Waals surface area contributed by atoms with Gasteiger partial charge in [0, 0.05) is 43.9 Å². The summed E-state index contributed by atoms with van der Waals surface area (Å²) in [5.74, 6) is -5.41. The molecule has 10 nitrogen and oxygen atoms in total. The summed E-state index contributed by atoms with van der Waals surface area (Å²) in [4.78, 5) is 43.1. The van der Waals surface area contributed by atoms with Crippen LogP contribution in [0.15, 0.2) is 18.3 Å². The minimum absolute atomic E-state index is 0.0400. The molecule has 0 radical (unpaired) electrons. The Labute approximate surface area is 204 Å². The van der Waals surface area contributed by atoms with E-state index in [2.05, 4.69) is 10.4 Å². The Morgan fingerprint density at radius 1 is 1.14 bits per heavy atom. The van der Waals surface area contributed by atoms with E-state index >= 15 is 0 Å². The number of benzene rings is 1. The Bertz CT molecular complexity index is 1210. The molecule has 0 spiro atoms. The van der Waals surface area contributed by atoms with Gasteiger partial charge < -0.3 is 25.1 Å². The smallest absolute Gasteiger partial charge is 0.322 e. The lowest BCUT2D eigenvalue weighted by molar-refractivity contribution is -0.135. The van der Waals surface area contributed by atoms with E-state index in [1.807, 2.05) is 0 Å². The largest absolute Gasteiger partial charge is 0.391 e. The number of aliphatic hydroxyl groups is 1. The number of aliphatic hydroxyl groups excluding tert-OH is 1. The normalized spacial score (nSPS) is 23.9. The number of amides is 4. The van der Waals surface area contributed by atoms with Crippen molar-refractivity contribution in [1.29, 1.82) is 0 Å². The number of likely N-dealkylation sites (tertiary alicyclic amines) is 1. The lowest BCUT2D eigenvalue weighted by atomic mass is 10.1. The molecule has 1 aromatic carbocycles. The number of nitrogens with one attached hydrogen (secondary N) is 1. The molecule has 13 heteroatoms. The standard InChI is InChI=1S/C23H25F3N6O4/c1-12-8-32-19(11-30(12)23(36)28-14-5-16(24)21(26)17(25)6-14)18(7-27-32)31-9-13(4-20(31)34)22(35)29-3-2-15(33)10-29/h5-7,12-13,15,33H,2-4,8-11H2,1H3,(H,28,36)/t12-,13?,15+/m0/s1. The first-order valence-electron chi connectivity index (χ1n) is 11.7. The van der Waals surface area contributed by atoms with Crippen molar-refractivity contribution in [2.24, 2.45) is 5.92 Å². The third-order valence-electron chi connectivity index (χ3n) is 6.95. The monoisotopic (exact) mass is 506 g/mol. The van der Waals surface area contributed by atoms with E-state index in [-0.39, 0.29) is 49.6 Å². The summed E-state index contributed by atoms with van der Waals surface area (Å²) in [6.07, 6.45) is 1.53. The molecule has 3 aliphatic heterocycles. The highest BCUT2D eigenvalue weighted by Gasteiger charge is 2.41. The average Bonchev–Trinajstić information content (AvgIpc) is 3.54. The number of anilines is 2. The van der Waals surface area contributed by atoms with Gasteiger partial charge in [0.1, 0.15) is 0 Å². The molecular weight excluding hydrogens is 481 g/mol. The second kappa shape index (κ2) is 9.12. The lowest BCUT2D eigenvalue weighted by Crippen LogP contribution is -2.47. The van der Waals surface area contributed by atoms with E-state index in [0.29, 0.717) is 43.0 Å². The number of halogens is 3. The maximum atomic E-state index is 13.6. The summed E-state index contributed by atoms with van der Waals surface area (Å²) in [6, 6.07) is 0.394. The highest BCUT2D eigenvalue weighted by atomic mass is 19.2. The Kier molecular flexibility index (Phi) is 6.10. The van der Waals surface area contributed by atoms with Crippen molar-refractivity contribution in [3.05, 3.63) is 41.5 Å². The minimum Gasteiger partial charge on any atom is -0.391 e. The highest BCUT2D eigenvalue weighted by Crippen LogP contribution is 2.33. The number of nitrogens with zero attached hydrogens (tertiary/aromatic N) is 5. The van der Waals surface area contributed by atoms with Crippen LogP contribution in [0.2, 0.25) is 0 Å². The van der Waals surface area contributed by atoms with Crippen LogP contribution in [0.4, 0.5) is 29.3 Å². The molecular formula is C23H25F3N6O4. The van der Waals surface area contributed by atoms with Gasteiger partial charge in [-0.2, -0.15) is 5.10 Å². The summed E-state index contributed by atoms with van der Waals surface area (Å²) >= 11 is 0. The predicted molar refractivity (Wildman–Crippen MR) is 120 cm³/mol. The second-order valence-electron chi connectivity index (χ2n) is 9.45. The molecule has 36 heavy (non-hydrogen) atoms. The molecule has 2 saturated heterocycles. The first-order valence-corrected chi connectivity index (χ1v) is 11.7. The van der Waals surface area contributed by atoms with Crippen LogP contribution in [0.3, 0.4) is 0 Å². The van der Waals surface area contributed by atoms with Gasteiger partial charge in [-0.25, -0.2) is 18.0 Å². The number of aromatic nitrogens is 2. The van der Waals surface area contributed by atoms with Gasteiger partial charge in [-0.05, 0) is 13.3 Å². The first kappa shape index (κ1) is 24.1. The number of hydrogen-bond donors (Lipinski definition) is 2. The molecule has 0 aliphatic carbocycles. The molecule has 1 aromatic heterocycles. The Hall–Kier alpha value is -3.61. The van der Waals surface area contributed by atoms with E-state index in [4.69, 9.17) is 0 Å². The van der Waals surface area contributed by atoms with Gasteiger partial charge in [-0.15, -0.1) is 0 Å². The zero-order chi connectivity index (χ0) is 25.7. The van der Waals surface area contributed by atoms with Gasteiger partial charge in [0.15, 0.2) is 17.5 Å². The fourth-order valence-corrected chi connectivity index (χ4v) is 5.01. The molecule has 5 rings (SSSR count). The van der Waals surface area contributed by atoms with Crippen LogP contribution >= 0.6 is 0 Å². The predicted octanol–water partition coefficient (Wildman–Crippen LogP) is 1.68. The van der Waals surface area contributed by atoms with Crippen molar-refractivity contribution in [2.75, 3.05) is 29.9 Å². The number of carbonyl (C=O) groups excluding carboxylic acids is 3. The molecule has 4 amide bonds. The molecule has 1 unspecified atom stereocenters. The van der Waals surface area contributed by atoms with Crippen LogP contribution in [0, 0.1) is 23.4 Å². The molecule has 0 bridgehead atoms. The van der Waals surface area contributed by atoms with Gasteiger partial charge in [0.05, 0.1) is 48.7 Å². The fraction of sp³-hybridized carbons (Fsp3) is 0.478. The average molecular weight is 506 g/mol. The van der Waals surface area contributed by atoms with Gasteiger partial charge in [0.25, 0.3) is 0 Å². The van der Waals surface area contributed by atoms with Crippen molar-refractivity contribution in [3.63, 3.8) is 0 Å². The molecule has 2 fully saturated rings. The third-order valence-corrected chi connectivity index (χ3v) is 6.95. The van der Waals surface area contributed by atoms with Gasteiger partial charge >= 0.3 is 6.03 Å². The minimum atomic E-state index is -1.62. The molecule has 3 aliphatic rings. The molecule has 4 heterocycles. The highest BCUT2D eigenvalue weighted by molar-refractivity contribution is 6.00. The van der Waals surface area contributed by atoms with Crippen LogP contribution in [0.5, 0.6) is 0 Å². The van der Waals surface area contributed by atoms with Crippen molar-refractivity contribution in [1.82, 2.24) is 19.6 Å². The number of carbonyl (C=O) groups is 3. The SMILES string of the molecule is C[C@H]1Cn2ncc(N3CC(C(=O)N4CC[C@@H](O)C4)CC3=O)c2CN1C(=O)Nc1cc(F)c(F)c(F)c1. The number of rotatable bonds is 3. The number of hydrogen-bond acceptors (Lipinski definition) is 5. The van der Waals surface area contributed by atoms with E-state index in [1.54, 1.807) is 16.5 Å². The summed E-state index contributed by atoms with van der Waals surface area (Å²) in [5, 5.41) is 16.5. The number of fused-ring (bicyclic) bond motifs is 1. The Morgan fingerprint density at radius 3 is 2.53 bits per heavy atom. The van der Waals surface area contributed by atoms with Crippen molar-refractivity contribution in [3.8, 4) is 0 Å². The van der Waals surface area contributed by atoms with Gasteiger partial charge in [0.2, 0.25) is 11.8 Å². The summed E-state index contributed by atoms with van der Waals surface area (Å²) in [7, 11) is 0. The van der Waals surface area contributed by atoms with Crippen LogP contribution in [-0.4, -0.2) is 74.3 Å². The zero-order valence-electron chi connectivity index (χ0n) is 19.5. The summed E-state index contributed by atoms with van der Waals surface area (Å²) < 4.78 is 42.1. The Morgan fingerprint density at radius 2 is 1.86 bits per heavy atom. The van der Waals surface area contributed by atoms with Crippen molar-refractivity contribution in [2.45, 2.75) is 45.0 Å². The van der Waals surface area contributed by atoms with Gasteiger partial charge in [-0.3, -0.25) is 14.3 Å². The number of β-amino-alcohol motifs (C(OH)–C–C–N with tert-alkyl or cyclic N) is 1. The number of urea groups is 1. The maximum Gasteiger partial charge on any atom is 0.322 e. The summed E-state index contributed by atoms with van der Waals surface area (Å²) in [6.45, 7) is 3.02. The molecule has 2 aromatic rings. The summed E-state index contributed by atoms with van der Waals surface area (Å²) in [5.41, 5.74) is 0.837. The quantitative estimate of drug-likeness (QED) is 0.616. The molecule has 0 saturated carbocycles. The maximum absolute atomic E-state index is 13.6. The molecule has 192 valence electrons. The van der Waals surface area contributed by atoms with E-state index in [1.165, 1.54) is 16.0 Å². The van der Waals surface area contributed by atoms with Crippen LogP contribution in [0.1, 0.15) is 25.5 Å². The second-order valence-corrected chi connectivity index (χ2v) is 9.45. The van der Waals surface area contributed by atoms with E-state index < -0.39 is 35.5 Å². The fourth-order valence-electron chi connectivity index (χ4n) is 5.01. The molecule has 2 N–H and O–H groups in total. The first-order chi connectivity index (χ1) is 17.1. The van der Waals surface area contributed by atoms with E-state index in [9.17, 15) is 32.7 Å². The topological polar surface area (TPSA) is 111 Å². The van der Waals surface area contributed by atoms with Crippen molar-refractivity contribution >= 4 is 29.2 Å². The lowest BCUT2D eigenvalue weighted by Gasteiger charge is -2.35. The third kappa shape index (κ3) is 4.27. The van der Waals surface area contributed by atoms with Crippen LogP contribution in [0.25, 0.3) is 0 Å². The van der Waals surface area contributed by atoms with Crippen LogP contribution in [-0.2, 0) is 22.7 Å². The molecule has 3 atom stereocenters. The van der Waals surface area contributed by atoms with Gasteiger partial charge in [-0.1, -0.05) is 0 Å². The van der Waals surface area contributed by atoms with Crippen LogP contribution < -0.4 is 10.2 Å². The zero-order valence-corrected chi connectivity index (χ0v) is 19.5.